The fourth-order valence-corrected chi connectivity index (χ4v) is 1.97. The molecule has 0 radical (unpaired) electrons. The fraction of sp³-hybridized carbons (Fsp3) is 0.417. The Labute approximate surface area is 115 Å². The maximum atomic E-state index is 4.39. The van der Waals surface area contributed by atoms with Gasteiger partial charge in [0.15, 0.2) is 0 Å². The Kier molecular flexibility index (Phi) is 8.17. The van der Waals surface area contributed by atoms with Crippen LogP contribution in [0.2, 0.25) is 0 Å². The Bertz CT molecular complexity index is 313. The molecule has 1 aromatic rings. The first kappa shape index (κ1) is 16.4. The molecule has 0 unspecified atom stereocenters. The van der Waals surface area contributed by atoms with Gasteiger partial charge in [-0.2, -0.15) is 0 Å². The number of nitrogens with one attached hydrogen (secondary N) is 1. The normalized spacial score (nSPS) is 17.4. The smallest absolute Gasteiger partial charge is 0.0704 e. The number of pyridine rings is 1. The van der Waals surface area contributed by atoms with Gasteiger partial charge in [0, 0.05) is 32.4 Å². The zero-order valence-electron chi connectivity index (χ0n) is 9.71. The molecule has 1 aliphatic rings. The third kappa shape index (κ3) is 4.28. The molecule has 1 aliphatic heterocycles. The topological polar surface area (TPSA) is 28.2 Å². The molecule has 2 heterocycles. The van der Waals surface area contributed by atoms with Crippen molar-refractivity contribution in [1.82, 2.24) is 15.2 Å². The van der Waals surface area contributed by atoms with E-state index in [0.29, 0.717) is 0 Å². The molecule has 0 aliphatic carbocycles. The number of piperazine rings is 1. The van der Waals surface area contributed by atoms with Crippen molar-refractivity contribution in [2.75, 3.05) is 26.2 Å². The average molecular weight is 276 g/mol. The SMILES string of the molecule is C=C[C@@H](c1ccccn1)N1CCNCC1.Cl.Cl. The van der Waals surface area contributed by atoms with E-state index >= 15 is 0 Å². The Hall–Kier alpha value is -0.610. The second-order valence-corrected chi connectivity index (χ2v) is 3.72. The Morgan fingerprint density at radius 2 is 2.00 bits per heavy atom. The Balaban J connectivity index is 0.00000128. The van der Waals surface area contributed by atoms with Crippen LogP contribution in [0.5, 0.6) is 0 Å². The van der Waals surface area contributed by atoms with Gasteiger partial charge in [-0.15, -0.1) is 31.4 Å². The highest BCUT2D eigenvalue weighted by Crippen LogP contribution is 2.19. The lowest BCUT2D eigenvalue weighted by Gasteiger charge is -2.32. The van der Waals surface area contributed by atoms with Crippen molar-refractivity contribution in [2.24, 2.45) is 0 Å². The van der Waals surface area contributed by atoms with Crippen molar-refractivity contribution in [3.8, 4) is 0 Å². The Morgan fingerprint density at radius 1 is 1.29 bits per heavy atom. The first-order valence-corrected chi connectivity index (χ1v) is 5.40. The van der Waals surface area contributed by atoms with E-state index in [0.717, 1.165) is 31.9 Å². The summed E-state index contributed by atoms with van der Waals surface area (Å²) in [5.74, 6) is 0. The zero-order chi connectivity index (χ0) is 10.5. The maximum Gasteiger partial charge on any atom is 0.0704 e. The molecule has 5 heteroatoms. The molecule has 3 nitrogen and oxygen atoms in total. The van der Waals surface area contributed by atoms with Crippen molar-refractivity contribution < 1.29 is 0 Å². The summed E-state index contributed by atoms with van der Waals surface area (Å²) in [5, 5.41) is 3.35. The number of nitrogens with zero attached hydrogens (tertiary/aromatic N) is 2. The third-order valence-electron chi connectivity index (χ3n) is 2.76. The van der Waals surface area contributed by atoms with Gasteiger partial charge in [-0.25, -0.2) is 0 Å². The predicted molar refractivity (Wildman–Crippen MR) is 76.1 cm³/mol. The van der Waals surface area contributed by atoms with Crippen LogP contribution in [0.15, 0.2) is 37.1 Å². The van der Waals surface area contributed by atoms with Gasteiger partial charge in [-0.05, 0) is 12.1 Å². The molecular formula is C12H19Cl2N3. The molecule has 0 aromatic carbocycles. The quantitative estimate of drug-likeness (QED) is 0.856. The predicted octanol–water partition coefficient (Wildman–Crippen LogP) is 2.06. The number of rotatable bonds is 3. The molecule has 0 amide bonds. The summed E-state index contributed by atoms with van der Waals surface area (Å²) in [6.45, 7) is 8.14. The van der Waals surface area contributed by atoms with Crippen LogP contribution in [-0.4, -0.2) is 36.1 Å². The van der Waals surface area contributed by atoms with Gasteiger partial charge in [-0.3, -0.25) is 9.88 Å². The van der Waals surface area contributed by atoms with Crippen LogP contribution >= 0.6 is 24.8 Å². The summed E-state index contributed by atoms with van der Waals surface area (Å²) in [7, 11) is 0. The first-order valence-electron chi connectivity index (χ1n) is 5.40. The minimum Gasteiger partial charge on any atom is -0.314 e. The zero-order valence-corrected chi connectivity index (χ0v) is 11.3. The average Bonchev–Trinajstić information content (AvgIpc) is 2.33. The summed E-state index contributed by atoms with van der Waals surface area (Å²) in [6, 6.07) is 6.30. The molecule has 1 saturated heterocycles. The van der Waals surface area contributed by atoms with Crippen LogP contribution in [0.3, 0.4) is 0 Å². The van der Waals surface area contributed by atoms with Gasteiger partial charge in [0.1, 0.15) is 0 Å². The monoisotopic (exact) mass is 275 g/mol. The molecule has 1 atom stereocenters. The lowest BCUT2D eigenvalue weighted by atomic mass is 10.1. The Morgan fingerprint density at radius 3 is 2.53 bits per heavy atom. The minimum absolute atomic E-state index is 0. The van der Waals surface area contributed by atoms with Crippen LogP contribution in [0.1, 0.15) is 11.7 Å². The lowest BCUT2D eigenvalue weighted by molar-refractivity contribution is 0.200. The molecule has 1 N–H and O–H groups in total. The van der Waals surface area contributed by atoms with Crippen molar-refractivity contribution in [3.05, 3.63) is 42.7 Å². The van der Waals surface area contributed by atoms with Gasteiger partial charge >= 0.3 is 0 Å². The molecule has 0 bridgehead atoms. The molecule has 2 rings (SSSR count). The van der Waals surface area contributed by atoms with Crippen LogP contribution in [0.25, 0.3) is 0 Å². The molecule has 0 spiro atoms. The second kappa shape index (κ2) is 8.48. The van der Waals surface area contributed by atoms with Crippen LogP contribution in [0.4, 0.5) is 0 Å². The van der Waals surface area contributed by atoms with E-state index in [1.165, 1.54) is 0 Å². The first-order chi connectivity index (χ1) is 7.42. The van der Waals surface area contributed by atoms with Crippen molar-refractivity contribution >= 4 is 24.8 Å². The number of aromatic nitrogens is 1. The molecule has 1 aromatic heterocycles. The van der Waals surface area contributed by atoms with Crippen LogP contribution in [-0.2, 0) is 0 Å². The summed E-state index contributed by atoms with van der Waals surface area (Å²) in [4.78, 5) is 6.80. The minimum atomic E-state index is 0. The van der Waals surface area contributed by atoms with E-state index in [1.807, 2.05) is 24.4 Å². The van der Waals surface area contributed by atoms with Crippen molar-refractivity contribution in [3.63, 3.8) is 0 Å². The second-order valence-electron chi connectivity index (χ2n) is 3.72. The van der Waals surface area contributed by atoms with Gasteiger partial charge in [-0.1, -0.05) is 12.1 Å². The van der Waals surface area contributed by atoms with Gasteiger partial charge < -0.3 is 5.32 Å². The van der Waals surface area contributed by atoms with E-state index in [2.05, 4.69) is 27.8 Å². The highest BCUT2D eigenvalue weighted by Gasteiger charge is 2.19. The highest BCUT2D eigenvalue weighted by molar-refractivity contribution is 5.85. The third-order valence-corrected chi connectivity index (χ3v) is 2.76. The largest absolute Gasteiger partial charge is 0.314 e. The molecule has 17 heavy (non-hydrogen) atoms. The summed E-state index contributed by atoms with van der Waals surface area (Å²) < 4.78 is 0. The lowest BCUT2D eigenvalue weighted by Crippen LogP contribution is -2.44. The van der Waals surface area contributed by atoms with Gasteiger partial charge in [0.2, 0.25) is 0 Å². The van der Waals surface area contributed by atoms with Gasteiger partial charge in [0.25, 0.3) is 0 Å². The van der Waals surface area contributed by atoms with Crippen molar-refractivity contribution in [2.45, 2.75) is 6.04 Å². The standard InChI is InChI=1S/C12H17N3.2ClH/c1-2-12(11-5-3-4-6-14-11)15-9-7-13-8-10-15;;/h2-6,12-13H,1,7-10H2;2*1H/t12-;;/m0../s1. The van der Waals surface area contributed by atoms with E-state index < -0.39 is 0 Å². The van der Waals surface area contributed by atoms with Gasteiger partial charge in [0.05, 0.1) is 11.7 Å². The highest BCUT2D eigenvalue weighted by atomic mass is 35.5. The molecule has 96 valence electrons. The molecular weight excluding hydrogens is 257 g/mol. The van der Waals surface area contributed by atoms with Crippen molar-refractivity contribution in [1.29, 1.82) is 0 Å². The van der Waals surface area contributed by atoms with Crippen LogP contribution in [0, 0.1) is 0 Å². The number of hydrogen-bond donors (Lipinski definition) is 1. The van der Waals surface area contributed by atoms with E-state index in [-0.39, 0.29) is 30.9 Å². The summed E-state index contributed by atoms with van der Waals surface area (Å²) in [5.41, 5.74) is 1.09. The number of halogens is 2. The summed E-state index contributed by atoms with van der Waals surface area (Å²) >= 11 is 0. The summed E-state index contributed by atoms with van der Waals surface area (Å²) in [6.07, 6.45) is 3.82. The van der Waals surface area contributed by atoms with Crippen LogP contribution < -0.4 is 5.32 Å². The fourth-order valence-electron chi connectivity index (χ4n) is 1.97. The molecule has 1 fully saturated rings. The molecule has 0 saturated carbocycles. The van der Waals surface area contributed by atoms with E-state index in [9.17, 15) is 0 Å². The van der Waals surface area contributed by atoms with E-state index in [4.69, 9.17) is 0 Å². The maximum absolute atomic E-state index is 4.39. The number of hydrogen-bond acceptors (Lipinski definition) is 3. The van der Waals surface area contributed by atoms with E-state index in [1.54, 1.807) is 0 Å².